The lowest BCUT2D eigenvalue weighted by Gasteiger charge is -2.03. The van der Waals surface area contributed by atoms with E-state index >= 15 is 0 Å². The minimum absolute atomic E-state index is 0.0223. The number of rotatable bonds is 2. The molecule has 0 radical (unpaired) electrons. The lowest BCUT2D eigenvalue weighted by atomic mass is 10.0. The Morgan fingerprint density at radius 1 is 1.47 bits per heavy atom. The molecule has 0 saturated heterocycles. The fourth-order valence-corrected chi connectivity index (χ4v) is 1.56. The van der Waals surface area contributed by atoms with Crippen LogP contribution >= 0.6 is 0 Å². The maximum atomic E-state index is 11.2. The molecular formula is C11H11N3O3. The van der Waals surface area contributed by atoms with Crippen LogP contribution in [0.5, 0.6) is 5.75 Å². The fourth-order valence-electron chi connectivity index (χ4n) is 1.56. The molecule has 0 fully saturated rings. The fraction of sp³-hybridized carbons (Fsp3) is 0.0909. The number of nitrogen functional groups attached to an aromatic ring is 1. The largest absolute Gasteiger partial charge is 0.507 e. The number of phenols is 1. The van der Waals surface area contributed by atoms with E-state index in [9.17, 15) is 9.90 Å². The summed E-state index contributed by atoms with van der Waals surface area (Å²) in [6.45, 7) is 1.84. The number of aryl methyl sites for hydroxylation is 1. The highest BCUT2D eigenvalue weighted by Crippen LogP contribution is 2.34. The standard InChI is InChI=1S/C11H11N3O3/c1-5-2-3-7(15)6(4-5)9-8(11(13)16)10(12)14-17-9/h2-4,15H,1H3,(H2,12,14)(H2,13,16). The first-order valence-electron chi connectivity index (χ1n) is 4.85. The zero-order valence-corrected chi connectivity index (χ0v) is 9.10. The molecule has 88 valence electrons. The molecule has 0 aliphatic heterocycles. The number of nitrogens with two attached hydrogens (primary N) is 2. The van der Waals surface area contributed by atoms with Gasteiger partial charge in [0, 0.05) is 0 Å². The number of aromatic hydroxyl groups is 1. The number of carbonyl (C=O) groups excluding carboxylic acids is 1. The summed E-state index contributed by atoms with van der Waals surface area (Å²) in [6.07, 6.45) is 0. The van der Waals surface area contributed by atoms with Gasteiger partial charge >= 0.3 is 0 Å². The Morgan fingerprint density at radius 3 is 2.82 bits per heavy atom. The van der Waals surface area contributed by atoms with Crippen molar-refractivity contribution in [3.05, 3.63) is 29.3 Å². The van der Waals surface area contributed by atoms with Crippen LogP contribution in [0.25, 0.3) is 11.3 Å². The molecule has 6 heteroatoms. The summed E-state index contributed by atoms with van der Waals surface area (Å²) in [4.78, 5) is 11.2. The monoisotopic (exact) mass is 233 g/mol. The molecule has 0 bridgehead atoms. The molecule has 0 saturated carbocycles. The van der Waals surface area contributed by atoms with Gasteiger partial charge in [-0.15, -0.1) is 0 Å². The molecule has 5 N–H and O–H groups in total. The summed E-state index contributed by atoms with van der Waals surface area (Å²) < 4.78 is 4.94. The van der Waals surface area contributed by atoms with Crippen molar-refractivity contribution < 1.29 is 14.4 Å². The topological polar surface area (TPSA) is 115 Å². The zero-order chi connectivity index (χ0) is 12.6. The Labute approximate surface area is 96.8 Å². The number of phenolic OH excluding ortho intramolecular Hbond substituents is 1. The van der Waals surface area contributed by atoms with E-state index in [1.807, 2.05) is 6.92 Å². The molecule has 1 aromatic heterocycles. The number of amides is 1. The van der Waals surface area contributed by atoms with Crippen molar-refractivity contribution in [2.75, 3.05) is 5.73 Å². The van der Waals surface area contributed by atoms with Gasteiger partial charge in [0.1, 0.15) is 11.3 Å². The maximum absolute atomic E-state index is 11.2. The SMILES string of the molecule is Cc1ccc(O)c(-c2onc(N)c2C(N)=O)c1. The van der Waals surface area contributed by atoms with Crippen LogP contribution in [0.2, 0.25) is 0 Å². The first-order valence-corrected chi connectivity index (χ1v) is 4.85. The lowest BCUT2D eigenvalue weighted by molar-refractivity contribution is 0.100. The van der Waals surface area contributed by atoms with E-state index in [0.717, 1.165) is 5.56 Å². The Bertz CT molecular complexity index is 590. The van der Waals surface area contributed by atoms with Gasteiger partial charge in [0.05, 0.1) is 5.56 Å². The number of benzene rings is 1. The molecule has 17 heavy (non-hydrogen) atoms. The summed E-state index contributed by atoms with van der Waals surface area (Å²) in [7, 11) is 0. The van der Waals surface area contributed by atoms with Gasteiger partial charge in [0.15, 0.2) is 11.6 Å². The second-order valence-electron chi connectivity index (χ2n) is 3.66. The molecule has 1 heterocycles. The Hall–Kier alpha value is -2.50. The van der Waals surface area contributed by atoms with Crippen molar-refractivity contribution in [2.24, 2.45) is 5.73 Å². The van der Waals surface area contributed by atoms with Gasteiger partial charge in [0.25, 0.3) is 5.91 Å². The highest BCUT2D eigenvalue weighted by molar-refractivity contribution is 6.03. The summed E-state index contributed by atoms with van der Waals surface area (Å²) >= 11 is 0. The third-order valence-corrected chi connectivity index (χ3v) is 2.36. The van der Waals surface area contributed by atoms with Gasteiger partial charge in [0.2, 0.25) is 0 Å². The van der Waals surface area contributed by atoms with Crippen LogP contribution in [0.4, 0.5) is 5.82 Å². The van der Waals surface area contributed by atoms with Crippen LogP contribution in [0.15, 0.2) is 22.7 Å². The summed E-state index contributed by atoms with van der Waals surface area (Å²) in [6, 6.07) is 4.87. The van der Waals surface area contributed by atoms with Crippen LogP contribution in [0.3, 0.4) is 0 Å². The van der Waals surface area contributed by atoms with Crippen LogP contribution in [-0.4, -0.2) is 16.2 Å². The van der Waals surface area contributed by atoms with Crippen LogP contribution in [-0.2, 0) is 0 Å². The third-order valence-electron chi connectivity index (χ3n) is 2.36. The summed E-state index contributed by atoms with van der Waals surface area (Å²) in [5.41, 5.74) is 11.9. The molecular weight excluding hydrogens is 222 g/mol. The van der Waals surface area contributed by atoms with Crippen molar-refractivity contribution in [1.82, 2.24) is 5.16 Å². The van der Waals surface area contributed by atoms with Gasteiger partial charge in [-0.05, 0) is 19.1 Å². The number of hydrogen-bond acceptors (Lipinski definition) is 5. The maximum Gasteiger partial charge on any atom is 0.256 e. The molecule has 0 atom stereocenters. The Balaban J connectivity index is 2.68. The van der Waals surface area contributed by atoms with Gasteiger partial charge in [-0.2, -0.15) is 0 Å². The number of primary amides is 1. The predicted octanol–water partition coefficient (Wildman–Crippen LogP) is 1.04. The minimum atomic E-state index is -0.750. The average Bonchev–Trinajstić information content (AvgIpc) is 2.64. The van der Waals surface area contributed by atoms with Crippen LogP contribution in [0, 0.1) is 6.92 Å². The predicted molar refractivity (Wildman–Crippen MR) is 61.3 cm³/mol. The molecule has 1 amide bonds. The van der Waals surface area contributed by atoms with Crippen LogP contribution in [0.1, 0.15) is 15.9 Å². The van der Waals surface area contributed by atoms with E-state index in [1.165, 1.54) is 6.07 Å². The number of hydrogen-bond donors (Lipinski definition) is 3. The summed E-state index contributed by atoms with van der Waals surface area (Å²) in [5, 5.41) is 13.2. The van der Waals surface area contributed by atoms with E-state index < -0.39 is 5.91 Å². The molecule has 0 aliphatic carbocycles. The molecule has 0 spiro atoms. The molecule has 6 nitrogen and oxygen atoms in total. The van der Waals surface area contributed by atoms with Gasteiger partial charge in [-0.25, -0.2) is 0 Å². The third kappa shape index (κ3) is 1.80. The number of carbonyl (C=O) groups is 1. The van der Waals surface area contributed by atoms with Crippen molar-refractivity contribution >= 4 is 11.7 Å². The Kier molecular flexibility index (Phi) is 2.47. The molecule has 0 unspecified atom stereocenters. The zero-order valence-electron chi connectivity index (χ0n) is 9.10. The lowest BCUT2D eigenvalue weighted by Crippen LogP contribution is -2.13. The van der Waals surface area contributed by atoms with Gasteiger partial charge in [-0.1, -0.05) is 16.8 Å². The highest BCUT2D eigenvalue weighted by Gasteiger charge is 2.22. The first kappa shape index (κ1) is 11.0. The van der Waals surface area contributed by atoms with E-state index in [4.69, 9.17) is 16.0 Å². The van der Waals surface area contributed by atoms with E-state index in [-0.39, 0.29) is 22.9 Å². The summed E-state index contributed by atoms with van der Waals surface area (Å²) in [5.74, 6) is -0.793. The van der Waals surface area contributed by atoms with E-state index in [2.05, 4.69) is 5.16 Å². The quantitative estimate of drug-likeness (QED) is 0.716. The van der Waals surface area contributed by atoms with E-state index in [0.29, 0.717) is 5.56 Å². The van der Waals surface area contributed by atoms with Crippen molar-refractivity contribution in [2.45, 2.75) is 6.92 Å². The smallest absolute Gasteiger partial charge is 0.256 e. The molecule has 1 aromatic carbocycles. The average molecular weight is 233 g/mol. The number of anilines is 1. The number of nitrogens with zero attached hydrogens (tertiary/aromatic N) is 1. The highest BCUT2D eigenvalue weighted by atomic mass is 16.5. The van der Waals surface area contributed by atoms with Crippen LogP contribution < -0.4 is 11.5 Å². The van der Waals surface area contributed by atoms with Crippen molar-refractivity contribution in [3.8, 4) is 17.1 Å². The normalized spacial score (nSPS) is 10.4. The molecule has 0 aliphatic rings. The van der Waals surface area contributed by atoms with Gasteiger partial charge < -0.3 is 21.1 Å². The first-order chi connectivity index (χ1) is 8.00. The van der Waals surface area contributed by atoms with Crippen molar-refractivity contribution in [3.63, 3.8) is 0 Å². The molecule has 2 aromatic rings. The minimum Gasteiger partial charge on any atom is -0.507 e. The second kappa shape index (κ2) is 3.82. The van der Waals surface area contributed by atoms with Gasteiger partial charge in [-0.3, -0.25) is 4.79 Å². The number of aromatic nitrogens is 1. The van der Waals surface area contributed by atoms with Crippen molar-refractivity contribution in [1.29, 1.82) is 0 Å². The second-order valence-corrected chi connectivity index (χ2v) is 3.66. The Morgan fingerprint density at radius 2 is 2.18 bits per heavy atom. The molecule has 2 rings (SSSR count). The van der Waals surface area contributed by atoms with E-state index in [1.54, 1.807) is 12.1 Å².